The van der Waals surface area contributed by atoms with Gasteiger partial charge in [0.2, 0.25) is 5.91 Å². The summed E-state index contributed by atoms with van der Waals surface area (Å²) >= 11 is 0. The fourth-order valence-corrected chi connectivity index (χ4v) is 2.49. The summed E-state index contributed by atoms with van der Waals surface area (Å²) in [6.07, 6.45) is 1.85. The van der Waals surface area contributed by atoms with E-state index >= 15 is 0 Å². The van der Waals surface area contributed by atoms with Crippen LogP contribution in [0, 0.1) is 0 Å². The molecule has 5 nitrogen and oxygen atoms in total. The van der Waals surface area contributed by atoms with Crippen LogP contribution in [0.4, 0.5) is 5.69 Å². The van der Waals surface area contributed by atoms with Gasteiger partial charge in [-0.1, -0.05) is 12.1 Å². The topological polar surface area (TPSA) is 67.6 Å². The highest BCUT2D eigenvalue weighted by atomic mass is 16.5. The highest BCUT2D eigenvalue weighted by molar-refractivity contribution is 5.81. The standard InChI is InChI=1S/C15H23N3O2/c1-11(16)15(19)17-12-7-9-18(10-8-12)13-5-3-4-6-14(13)20-2/h3-6,11-12H,7-10,16H2,1-2H3,(H,17,19)/t11-/m1/s1. The zero-order valence-corrected chi connectivity index (χ0v) is 12.1. The van der Waals surface area contributed by atoms with Crippen LogP contribution in [0.5, 0.6) is 5.75 Å². The van der Waals surface area contributed by atoms with Crippen molar-refractivity contribution >= 4 is 11.6 Å². The molecule has 1 aliphatic heterocycles. The minimum absolute atomic E-state index is 0.0688. The molecule has 0 spiro atoms. The maximum absolute atomic E-state index is 11.6. The van der Waals surface area contributed by atoms with E-state index in [2.05, 4.69) is 16.3 Å². The molecule has 3 N–H and O–H groups in total. The molecule has 5 heteroatoms. The number of ether oxygens (including phenoxy) is 1. The molecule has 20 heavy (non-hydrogen) atoms. The van der Waals surface area contributed by atoms with Crippen LogP contribution in [0.25, 0.3) is 0 Å². The molecule has 0 bridgehead atoms. The number of amides is 1. The van der Waals surface area contributed by atoms with Crippen molar-refractivity contribution in [3.63, 3.8) is 0 Å². The van der Waals surface area contributed by atoms with Crippen LogP contribution >= 0.6 is 0 Å². The lowest BCUT2D eigenvalue weighted by Crippen LogP contribution is -2.48. The van der Waals surface area contributed by atoms with E-state index < -0.39 is 6.04 Å². The van der Waals surface area contributed by atoms with Gasteiger partial charge in [-0.25, -0.2) is 0 Å². The Balaban J connectivity index is 1.92. The Morgan fingerprint density at radius 1 is 1.40 bits per heavy atom. The van der Waals surface area contributed by atoms with Crippen molar-refractivity contribution in [3.05, 3.63) is 24.3 Å². The number of methoxy groups -OCH3 is 1. The van der Waals surface area contributed by atoms with Crippen molar-refractivity contribution in [2.75, 3.05) is 25.1 Å². The Morgan fingerprint density at radius 3 is 2.65 bits per heavy atom. The summed E-state index contributed by atoms with van der Waals surface area (Å²) in [4.78, 5) is 13.9. The van der Waals surface area contributed by atoms with Crippen molar-refractivity contribution in [2.24, 2.45) is 5.73 Å². The van der Waals surface area contributed by atoms with Crippen LogP contribution in [0.3, 0.4) is 0 Å². The van der Waals surface area contributed by atoms with Crippen LogP contribution in [0.1, 0.15) is 19.8 Å². The summed E-state index contributed by atoms with van der Waals surface area (Å²) in [5.41, 5.74) is 6.69. The molecule has 0 unspecified atom stereocenters. The number of hydrogen-bond acceptors (Lipinski definition) is 4. The summed E-state index contributed by atoms with van der Waals surface area (Å²) in [7, 11) is 1.69. The number of benzene rings is 1. The number of para-hydroxylation sites is 2. The normalized spacial score (nSPS) is 17.6. The van der Waals surface area contributed by atoms with Gasteiger partial charge in [0.1, 0.15) is 5.75 Å². The highest BCUT2D eigenvalue weighted by Gasteiger charge is 2.23. The van der Waals surface area contributed by atoms with Crippen LogP contribution in [0.15, 0.2) is 24.3 Å². The second kappa shape index (κ2) is 6.61. The molecule has 1 amide bonds. The third kappa shape index (κ3) is 3.42. The van der Waals surface area contributed by atoms with E-state index in [0.29, 0.717) is 0 Å². The van der Waals surface area contributed by atoms with Crippen LogP contribution in [0.2, 0.25) is 0 Å². The lowest BCUT2D eigenvalue weighted by molar-refractivity contribution is -0.122. The first-order valence-corrected chi connectivity index (χ1v) is 7.05. The quantitative estimate of drug-likeness (QED) is 0.865. The zero-order valence-electron chi connectivity index (χ0n) is 12.1. The SMILES string of the molecule is COc1ccccc1N1CCC(NC(=O)[C@@H](C)N)CC1. The van der Waals surface area contributed by atoms with E-state index in [1.165, 1.54) is 0 Å². The first-order valence-electron chi connectivity index (χ1n) is 7.05. The summed E-state index contributed by atoms with van der Waals surface area (Å²) in [6.45, 7) is 3.52. The molecule has 1 fully saturated rings. The molecule has 0 saturated carbocycles. The molecule has 2 rings (SSSR count). The van der Waals surface area contributed by atoms with Crippen molar-refractivity contribution in [3.8, 4) is 5.75 Å². The molecule has 1 aromatic carbocycles. The molecular weight excluding hydrogens is 254 g/mol. The molecule has 110 valence electrons. The van der Waals surface area contributed by atoms with Crippen LogP contribution < -0.4 is 20.7 Å². The molecule has 0 aliphatic carbocycles. The Bertz CT molecular complexity index is 454. The number of carbonyl (C=O) groups excluding carboxylic acids is 1. The number of nitrogens with zero attached hydrogens (tertiary/aromatic N) is 1. The van der Waals surface area contributed by atoms with Gasteiger partial charge in [-0.2, -0.15) is 0 Å². The number of rotatable bonds is 4. The fraction of sp³-hybridized carbons (Fsp3) is 0.533. The second-order valence-corrected chi connectivity index (χ2v) is 5.23. The summed E-state index contributed by atoms with van der Waals surface area (Å²) in [6, 6.07) is 7.81. The second-order valence-electron chi connectivity index (χ2n) is 5.23. The summed E-state index contributed by atoms with van der Waals surface area (Å²) in [5, 5.41) is 3.00. The Kier molecular flexibility index (Phi) is 4.84. The molecule has 0 radical (unpaired) electrons. The zero-order chi connectivity index (χ0) is 14.5. The first-order chi connectivity index (χ1) is 9.61. The van der Waals surface area contributed by atoms with Gasteiger partial charge < -0.3 is 20.7 Å². The third-order valence-corrected chi connectivity index (χ3v) is 3.68. The molecule has 1 saturated heterocycles. The van der Waals surface area contributed by atoms with Crippen LogP contribution in [-0.2, 0) is 4.79 Å². The molecule has 1 aromatic rings. The van der Waals surface area contributed by atoms with Gasteiger partial charge >= 0.3 is 0 Å². The lowest BCUT2D eigenvalue weighted by atomic mass is 10.0. The summed E-state index contributed by atoms with van der Waals surface area (Å²) in [5.74, 6) is 0.825. The molecule has 1 atom stereocenters. The summed E-state index contributed by atoms with van der Waals surface area (Å²) < 4.78 is 5.39. The Hall–Kier alpha value is -1.75. The number of nitrogens with one attached hydrogen (secondary N) is 1. The monoisotopic (exact) mass is 277 g/mol. The first kappa shape index (κ1) is 14.7. The van der Waals surface area contributed by atoms with E-state index in [9.17, 15) is 4.79 Å². The molecule has 1 heterocycles. The smallest absolute Gasteiger partial charge is 0.236 e. The number of anilines is 1. The van der Waals surface area contributed by atoms with Gasteiger partial charge in [0.15, 0.2) is 0 Å². The van der Waals surface area contributed by atoms with E-state index in [0.717, 1.165) is 37.4 Å². The Labute approximate surface area is 120 Å². The van der Waals surface area contributed by atoms with Gasteiger partial charge in [0.05, 0.1) is 18.8 Å². The van der Waals surface area contributed by atoms with Gasteiger partial charge in [0.25, 0.3) is 0 Å². The average molecular weight is 277 g/mol. The largest absolute Gasteiger partial charge is 0.495 e. The molecular formula is C15H23N3O2. The maximum atomic E-state index is 11.6. The van der Waals surface area contributed by atoms with Crippen molar-refractivity contribution in [2.45, 2.75) is 31.8 Å². The van der Waals surface area contributed by atoms with Crippen molar-refractivity contribution in [1.29, 1.82) is 0 Å². The predicted molar refractivity (Wildman–Crippen MR) is 80.0 cm³/mol. The maximum Gasteiger partial charge on any atom is 0.236 e. The number of hydrogen-bond donors (Lipinski definition) is 2. The van der Waals surface area contributed by atoms with Gasteiger partial charge in [-0.3, -0.25) is 4.79 Å². The third-order valence-electron chi connectivity index (χ3n) is 3.68. The molecule has 1 aliphatic rings. The number of nitrogens with two attached hydrogens (primary N) is 1. The van der Waals surface area contributed by atoms with E-state index in [1.54, 1.807) is 14.0 Å². The van der Waals surface area contributed by atoms with Gasteiger partial charge in [-0.05, 0) is 31.9 Å². The highest BCUT2D eigenvalue weighted by Crippen LogP contribution is 2.29. The fourth-order valence-electron chi connectivity index (χ4n) is 2.49. The molecule has 0 aromatic heterocycles. The lowest BCUT2D eigenvalue weighted by Gasteiger charge is -2.34. The van der Waals surface area contributed by atoms with Gasteiger partial charge in [-0.15, -0.1) is 0 Å². The number of piperidine rings is 1. The Morgan fingerprint density at radius 2 is 2.05 bits per heavy atom. The van der Waals surface area contributed by atoms with E-state index in [1.807, 2.05) is 18.2 Å². The number of carbonyl (C=O) groups is 1. The average Bonchev–Trinajstić information content (AvgIpc) is 2.48. The van der Waals surface area contributed by atoms with Crippen molar-refractivity contribution in [1.82, 2.24) is 5.32 Å². The predicted octanol–water partition coefficient (Wildman–Crippen LogP) is 1.13. The van der Waals surface area contributed by atoms with Crippen LogP contribution in [-0.4, -0.2) is 38.2 Å². The minimum Gasteiger partial charge on any atom is -0.495 e. The van der Waals surface area contributed by atoms with E-state index in [-0.39, 0.29) is 11.9 Å². The van der Waals surface area contributed by atoms with Gasteiger partial charge in [0, 0.05) is 19.1 Å². The minimum atomic E-state index is -0.442. The van der Waals surface area contributed by atoms with E-state index in [4.69, 9.17) is 10.5 Å². The van der Waals surface area contributed by atoms with Crippen molar-refractivity contribution < 1.29 is 9.53 Å².